The molecule has 0 fully saturated rings. The van der Waals surface area contributed by atoms with E-state index in [1.807, 2.05) is 13.8 Å². The van der Waals surface area contributed by atoms with E-state index in [-0.39, 0.29) is 12.7 Å². The van der Waals surface area contributed by atoms with Crippen molar-refractivity contribution in [2.24, 2.45) is 5.92 Å². The number of amides is 1. The highest BCUT2D eigenvalue weighted by molar-refractivity contribution is 6.76. The molecule has 32 heavy (non-hydrogen) atoms. The van der Waals surface area contributed by atoms with Crippen molar-refractivity contribution in [2.45, 2.75) is 97.4 Å². The lowest BCUT2D eigenvalue weighted by Gasteiger charge is -2.27. The zero-order valence-corrected chi connectivity index (χ0v) is 22.5. The largest absolute Gasteiger partial charge is 0.459 e. The van der Waals surface area contributed by atoms with Crippen LogP contribution in [0, 0.1) is 5.92 Å². The zero-order chi connectivity index (χ0) is 25.1. The van der Waals surface area contributed by atoms with Crippen LogP contribution in [0.1, 0.15) is 48.0 Å². The lowest BCUT2D eigenvalue weighted by Crippen LogP contribution is -2.52. The fourth-order valence-corrected chi connectivity index (χ4v) is 3.32. The highest BCUT2D eigenvalue weighted by atomic mass is 28.3. The minimum Gasteiger partial charge on any atom is -0.459 e. The number of carbonyl (C=O) groups is 3. The topological polar surface area (TPSA) is 112 Å². The first kappa shape index (κ1) is 30.3. The number of esters is 2. The van der Waals surface area contributed by atoms with Gasteiger partial charge in [0, 0.05) is 14.7 Å². The van der Waals surface area contributed by atoms with Gasteiger partial charge in [-0.25, -0.2) is 9.59 Å². The SMILES string of the molecule is CN[C@@H](CC(C)C)C(=O)O[C@H](C)[C@@H](NC(=O)OC(C)(C)C)C(=O)OCOCC[Si](C)(C)C. The summed E-state index contributed by atoms with van der Waals surface area (Å²) in [5, 5.41) is 5.38. The van der Waals surface area contributed by atoms with Crippen LogP contribution in [0.25, 0.3) is 0 Å². The second-order valence-corrected chi connectivity index (χ2v) is 16.2. The lowest BCUT2D eigenvalue weighted by molar-refractivity contribution is -0.166. The first-order chi connectivity index (χ1) is 14.6. The van der Waals surface area contributed by atoms with Crippen molar-refractivity contribution in [1.29, 1.82) is 0 Å². The molecule has 0 bridgehead atoms. The zero-order valence-electron chi connectivity index (χ0n) is 21.5. The monoisotopic (exact) mass is 476 g/mol. The lowest BCUT2D eigenvalue weighted by atomic mass is 10.0. The van der Waals surface area contributed by atoms with E-state index in [1.165, 1.54) is 6.92 Å². The molecule has 0 aromatic carbocycles. The first-order valence-electron chi connectivity index (χ1n) is 11.2. The van der Waals surface area contributed by atoms with Gasteiger partial charge in [-0.05, 0) is 53.1 Å². The number of likely N-dealkylation sites (N-methyl/N-ethyl adjacent to an activating group) is 1. The maximum absolute atomic E-state index is 12.7. The molecule has 0 heterocycles. The van der Waals surface area contributed by atoms with Crippen molar-refractivity contribution in [3.05, 3.63) is 0 Å². The Morgan fingerprint density at radius 3 is 2.06 bits per heavy atom. The van der Waals surface area contributed by atoms with Gasteiger partial charge in [-0.15, -0.1) is 0 Å². The summed E-state index contributed by atoms with van der Waals surface area (Å²) in [7, 11) is 0.402. The molecule has 0 aromatic rings. The summed E-state index contributed by atoms with van der Waals surface area (Å²) in [6, 6.07) is -0.842. The Hall–Kier alpha value is -1.65. The third-order valence-electron chi connectivity index (χ3n) is 4.32. The van der Waals surface area contributed by atoms with Crippen molar-refractivity contribution in [3.8, 4) is 0 Å². The molecule has 0 saturated carbocycles. The van der Waals surface area contributed by atoms with Crippen LogP contribution < -0.4 is 10.6 Å². The van der Waals surface area contributed by atoms with Gasteiger partial charge in [-0.1, -0.05) is 33.5 Å². The number of hydrogen-bond acceptors (Lipinski definition) is 8. The molecular weight excluding hydrogens is 432 g/mol. The van der Waals surface area contributed by atoms with Crippen LogP contribution >= 0.6 is 0 Å². The molecule has 0 aliphatic heterocycles. The molecule has 9 nitrogen and oxygen atoms in total. The normalized spacial score (nSPS) is 15.0. The van der Waals surface area contributed by atoms with Crippen LogP contribution in [-0.2, 0) is 28.5 Å². The fraction of sp³-hybridized carbons (Fsp3) is 0.864. The van der Waals surface area contributed by atoms with E-state index in [4.69, 9.17) is 18.9 Å². The Morgan fingerprint density at radius 1 is 1.00 bits per heavy atom. The molecule has 0 aliphatic carbocycles. The average molecular weight is 477 g/mol. The molecule has 3 atom stereocenters. The molecule has 188 valence electrons. The number of hydrogen-bond donors (Lipinski definition) is 2. The van der Waals surface area contributed by atoms with Gasteiger partial charge in [0.25, 0.3) is 0 Å². The number of carbonyl (C=O) groups excluding carboxylic acids is 3. The molecule has 0 spiro atoms. The Kier molecular flexibility index (Phi) is 13.1. The van der Waals surface area contributed by atoms with E-state index < -0.39 is 49.9 Å². The molecule has 0 saturated heterocycles. The molecule has 0 radical (unpaired) electrons. The molecule has 1 amide bonds. The van der Waals surface area contributed by atoms with E-state index in [9.17, 15) is 14.4 Å². The summed E-state index contributed by atoms with van der Waals surface area (Å²) < 4.78 is 21.3. The summed E-state index contributed by atoms with van der Waals surface area (Å²) in [6.07, 6.45) is -1.22. The minimum atomic E-state index is -1.27. The molecule has 0 aliphatic rings. The van der Waals surface area contributed by atoms with Crippen LogP contribution in [0.2, 0.25) is 25.7 Å². The standard InChI is InChI=1S/C22H44N2O7Si/c1-15(2)13-17(23-7)19(25)30-16(3)18(24-21(27)31-22(4,5)6)20(26)29-14-28-11-12-32(8,9)10/h15-18,23H,11-14H2,1-10H3,(H,24,27)/t16-,17+,18-/m1/s1. The van der Waals surface area contributed by atoms with Crippen molar-refractivity contribution < 1.29 is 33.3 Å². The molecule has 2 N–H and O–H groups in total. The van der Waals surface area contributed by atoms with Crippen molar-refractivity contribution in [3.63, 3.8) is 0 Å². The van der Waals surface area contributed by atoms with Crippen LogP contribution in [-0.4, -0.2) is 70.3 Å². The van der Waals surface area contributed by atoms with E-state index in [0.717, 1.165) is 6.04 Å². The van der Waals surface area contributed by atoms with Crippen LogP contribution in [0.5, 0.6) is 0 Å². The summed E-state index contributed by atoms with van der Waals surface area (Å²) in [5.41, 5.74) is -0.757. The highest BCUT2D eigenvalue weighted by Crippen LogP contribution is 2.12. The number of alkyl carbamates (subject to hydrolysis) is 1. The number of ether oxygens (including phenoxy) is 4. The average Bonchev–Trinajstić information content (AvgIpc) is 2.60. The Labute approximate surface area is 194 Å². The summed E-state index contributed by atoms with van der Waals surface area (Å²) >= 11 is 0. The predicted molar refractivity (Wildman–Crippen MR) is 126 cm³/mol. The van der Waals surface area contributed by atoms with Crippen LogP contribution in [0.15, 0.2) is 0 Å². The molecule has 0 aromatic heterocycles. The summed E-state index contributed by atoms with van der Waals surface area (Å²) in [5.74, 6) is -1.01. The van der Waals surface area contributed by atoms with Crippen LogP contribution in [0.4, 0.5) is 4.79 Å². The second-order valence-electron chi connectivity index (χ2n) is 10.5. The van der Waals surface area contributed by atoms with Crippen molar-refractivity contribution in [2.75, 3.05) is 20.4 Å². The van der Waals surface area contributed by atoms with E-state index in [1.54, 1.807) is 27.8 Å². The van der Waals surface area contributed by atoms with Gasteiger partial charge in [0.05, 0.1) is 0 Å². The third-order valence-corrected chi connectivity index (χ3v) is 6.02. The second kappa shape index (κ2) is 13.8. The van der Waals surface area contributed by atoms with Gasteiger partial charge in [0.1, 0.15) is 17.7 Å². The molecule has 0 rings (SSSR count). The van der Waals surface area contributed by atoms with E-state index >= 15 is 0 Å². The highest BCUT2D eigenvalue weighted by Gasteiger charge is 2.34. The maximum Gasteiger partial charge on any atom is 0.408 e. The third kappa shape index (κ3) is 14.4. The van der Waals surface area contributed by atoms with Gasteiger partial charge in [0.2, 0.25) is 0 Å². The number of nitrogens with one attached hydrogen (secondary N) is 2. The Balaban J connectivity index is 5.13. The van der Waals surface area contributed by atoms with Gasteiger partial charge >= 0.3 is 18.0 Å². The molecule has 10 heteroatoms. The van der Waals surface area contributed by atoms with Gasteiger partial charge in [-0.2, -0.15) is 0 Å². The van der Waals surface area contributed by atoms with E-state index in [2.05, 4.69) is 30.3 Å². The summed E-state index contributed by atoms with van der Waals surface area (Å²) in [4.78, 5) is 37.5. The minimum absolute atomic E-state index is 0.247. The maximum atomic E-state index is 12.7. The van der Waals surface area contributed by atoms with Crippen molar-refractivity contribution in [1.82, 2.24) is 10.6 Å². The number of rotatable bonds is 13. The molecule has 0 unspecified atom stereocenters. The van der Waals surface area contributed by atoms with Gasteiger partial charge in [-0.3, -0.25) is 4.79 Å². The van der Waals surface area contributed by atoms with Crippen molar-refractivity contribution >= 4 is 26.1 Å². The smallest absolute Gasteiger partial charge is 0.408 e. The van der Waals surface area contributed by atoms with Gasteiger partial charge < -0.3 is 29.6 Å². The Bertz CT molecular complexity index is 600. The predicted octanol–water partition coefficient (Wildman–Crippen LogP) is 3.30. The first-order valence-corrected chi connectivity index (χ1v) is 14.9. The van der Waals surface area contributed by atoms with E-state index in [0.29, 0.717) is 13.0 Å². The quantitative estimate of drug-likeness (QED) is 0.137. The van der Waals surface area contributed by atoms with Gasteiger partial charge in [0.15, 0.2) is 12.8 Å². The van der Waals surface area contributed by atoms with Crippen LogP contribution in [0.3, 0.4) is 0 Å². The molecular formula is C22H44N2O7Si. The summed E-state index contributed by atoms with van der Waals surface area (Å²) in [6.45, 7) is 17.5. The Morgan fingerprint density at radius 2 is 1.59 bits per heavy atom. The fourth-order valence-electron chi connectivity index (χ4n) is 2.57.